The molecule has 1 saturated carbocycles. The Kier molecular flexibility index (Phi) is 4.38. The van der Waals surface area contributed by atoms with Crippen molar-refractivity contribution >= 4 is 27.3 Å². The SMILES string of the molecule is Cc1ccc(NC(=O)C2CC2C(=O)NC2CCS(=O)(=O)C2)c(C)c1. The fraction of sp³-hybridized carbons (Fsp3) is 0.529. The third-order valence-electron chi connectivity index (χ3n) is 4.68. The maximum Gasteiger partial charge on any atom is 0.228 e. The van der Waals surface area contributed by atoms with Gasteiger partial charge in [-0.1, -0.05) is 17.7 Å². The van der Waals surface area contributed by atoms with Gasteiger partial charge in [0.2, 0.25) is 11.8 Å². The lowest BCUT2D eigenvalue weighted by molar-refractivity contribution is -0.125. The van der Waals surface area contributed by atoms with Gasteiger partial charge in [-0.05, 0) is 38.3 Å². The van der Waals surface area contributed by atoms with Crippen LogP contribution in [0.4, 0.5) is 5.69 Å². The van der Waals surface area contributed by atoms with E-state index in [0.29, 0.717) is 12.8 Å². The standard InChI is InChI=1S/C17H22N2O4S/c1-10-3-4-15(11(2)7-10)19-17(21)14-8-13(14)16(20)18-12-5-6-24(22,23)9-12/h3-4,7,12-14H,5-6,8-9H2,1-2H3,(H,18,20)(H,19,21). The molecule has 1 aromatic carbocycles. The number of hydrogen-bond donors (Lipinski definition) is 2. The quantitative estimate of drug-likeness (QED) is 0.853. The summed E-state index contributed by atoms with van der Waals surface area (Å²) in [4.78, 5) is 24.4. The summed E-state index contributed by atoms with van der Waals surface area (Å²) in [6, 6.07) is 5.47. The van der Waals surface area contributed by atoms with Crippen molar-refractivity contribution in [2.45, 2.75) is 32.7 Å². The number of anilines is 1. The normalized spacial score (nSPS) is 27.5. The van der Waals surface area contributed by atoms with Gasteiger partial charge in [0.25, 0.3) is 0 Å². The summed E-state index contributed by atoms with van der Waals surface area (Å²) in [6.07, 6.45) is 0.974. The second-order valence-electron chi connectivity index (χ2n) is 6.86. The highest BCUT2D eigenvalue weighted by Crippen LogP contribution is 2.40. The molecule has 1 heterocycles. The lowest BCUT2D eigenvalue weighted by Gasteiger charge is -2.11. The minimum atomic E-state index is -3.02. The molecular formula is C17H22N2O4S. The fourth-order valence-electron chi connectivity index (χ4n) is 3.17. The molecule has 0 radical (unpaired) electrons. The number of rotatable bonds is 4. The number of benzene rings is 1. The van der Waals surface area contributed by atoms with E-state index in [1.165, 1.54) is 0 Å². The first kappa shape index (κ1) is 17.0. The molecule has 2 N–H and O–H groups in total. The van der Waals surface area contributed by atoms with E-state index in [-0.39, 0.29) is 41.2 Å². The van der Waals surface area contributed by atoms with Gasteiger partial charge in [0.1, 0.15) is 0 Å². The van der Waals surface area contributed by atoms with Crippen LogP contribution >= 0.6 is 0 Å². The van der Waals surface area contributed by atoms with Crippen LogP contribution in [0.1, 0.15) is 24.0 Å². The third-order valence-corrected chi connectivity index (χ3v) is 6.45. The second-order valence-corrected chi connectivity index (χ2v) is 9.09. The highest BCUT2D eigenvalue weighted by Gasteiger charge is 2.48. The van der Waals surface area contributed by atoms with Gasteiger partial charge in [0.15, 0.2) is 9.84 Å². The van der Waals surface area contributed by atoms with Gasteiger partial charge in [0, 0.05) is 11.7 Å². The topological polar surface area (TPSA) is 92.3 Å². The second kappa shape index (κ2) is 6.20. The molecule has 0 spiro atoms. The minimum Gasteiger partial charge on any atom is -0.352 e. The summed E-state index contributed by atoms with van der Waals surface area (Å²) in [5.74, 6) is -0.911. The van der Waals surface area contributed by atoms with E-state index in [2.05, 4.69) is 10.6 Å². The Morgan fingerprint density at radius 1 is 1.12 bits per heavy atom. The van der Waals surface area contributed by atoms with Crippen LogP contribution in [0.2, 0.25) is 0 Å². The summed E-state index contributed by atoms with van der Waals surface area (Å²) >= 11 is 0. The van der Waals surface area contributed by atoms with Gasteiger partial charge in [-0.3, -0.25) is 9.59 Å². The Bertz CT molecular complexity index is 788. The van der Waals surface area contributed by atoms with Crippen molar-refractivity contribution in [3.05, 3.63) is 29.3 Å². The summed E-state index contributed by atoms with van der Waals surface area (Å²) in [7, 11) is -3.02. The molecular weight excluding hydrogens is 328 g/mol. The van der Waals surface area contributed by atoms with E-state index in [1.54, 1.807) is 0 Å². The highest BCUT2D eigenvalue weighted by atomic mass is 32.2. The molecule has 3 unspecified atom stereocenters. The summed E-state index contributed by atoms with van der Waals surface area (Å²) in [6.45, 7) is 3.92. The lowest BCUT2D eigenvalue weighted by Crippen LogP contribution is -2.37. The monoisotopic (exact) mass is 350 g/mol. The number of sulfone groups is 1. The zero-order valence-electron chi connectivity index (χ0n) is 13.8. The van der Waals surface area contributed by atoms with E-state index in [0.717, 1.165) is 16.8 Å². The molecule has 130 valence electrons. The third kappa shape index (κ3) is 3.77. The number of hydrogen-bond acceptors (Lipinski definition) is 4. The van der Waals surface area contributed by atoms with Gasteiger partial charge in [-0.25, -0.2) is 8.42 Å². The van der Waals surface area contributed by atoms with Gasteiger partial charge in [-0.15, -0.1) is 0 Å². The molecule has 0 bridgehead atoms. The maximum atomic E-state index is 12.3. The number of nitrogens with one attached hydrogen (secondary N) is 2. The van der Waals surface area contributed by atoms with Crippen molar-refractivity contribution in [1.82, 2.24) is 5.32 Å². The Morgan fingerprint density at radius 3 is 2.46 bits per heavy atom. The maximum absolute atomic E-state index is 12.3. The molecule has 0 aromatic heterocycles. The smallest absolute Gasteiger partial charge is 0.228 e. The molecule has 1 saturated heterocycles. The molecule has 1 aromatic rings. The van der Waals surface area contributed by atoms with Crippen molar-refractivity contribution in [3.8, 4) is 0 Å². The number of carbonyl (C=O) groups excluding carboxylic acids is 2. The van der Waals surface area contributed by atoms with Crippen molar-refractivity contribution < 1.29 is 18.0 Å². The van der Waals surface area contributed by atoms with E-state index < -0.39 is 9.84 Å². The summed E-state index contributed by atoms with van der Waals surface area (Å²) < 4.78 is 22.8. The molecule has 3 atom stereocenters. The molecule has 24 heavy (non-hydrogen) atoms. The molecule has 1 aliphatic carbocycles. The first-order valence-electron chi connectivity index (χ1n) is 8.14. The van der Waals surface area contributed by atoms with Crippen LogP contribution in [0, 0.1) is 25.7 Å². The Balaban J connectivity index is 1.53. The first-order chi connectivity index (χ1) is 11.2. The molecule has 3 rings (SSSR count). The van der Waals surface area contributed by atoms with Crippen LogP contribution < -0.4 is 10.6 Å². The molecule has 2 aliphatic rings. The van der Waals surface area contributed by atoms with Crippen LogP contribution in [-0.4, -0.2) is 37.8 Å². The Morgan fingerprint density at radius 2 is 1.83 bits per heavy atom. The van der Waals surface area contributed by atoms with Gasteiger partial charge < -0.3 is 10.6 Å². The van der Waals surface area contributed by atoms with Crippen LogP contribution in [0.5, 0.6) is 0 Å². The zero-order valence-corrected chi connectivity index (χ0v) is 14.7. The molecule has 2 fully saturated rings. The average Bonchev–Trinajstić information content (AvgIpc) is 3.22. The van der Waals surface area contributed by atoms with E-state index >= 15 is 0 Å². The van der Waals surface area contributed by atoms with Gasteiger partial charge in [0.05, 0.1) is 23.3 Å². The highest BCUT2D eigenvalue weighted by molar-refractivity contribution is 7.91. The van der Waals surface area contributed by atoms with Crippen LogP contribution in [0.15, 0.2) is 18.2 Å². The molecule has 7 heteroatoms. The average molecular weight is 350 g/mol. The zero-order chi connectivity index (χ0) is 17.5. The molecule has 2 amide bonds. The van der Waals surface area contributed by atoms with E-state index in [4.69, 9.17) is 0 Å². The van der Waals surface area contributed by atoms with Gasteiger partial charge >= 0.3 is 0 Å². The Hall–Kier alpha value is -1.89. The molecule has 6 nitrogen and oxygen atoms in total. The van der Waals surface area contributed by atoms with Crippen molar-refractivity contribution in [2.24, 2.45) is 11.8 Å². The molecule has 1 aliphatic heterocycles. The van der Waals surface area contributed by atoms with E-state index in [1.807, 2.05) is 32.0 Å². The van der Waals surface area contributed by atoms with Crippen molar-refractivity contribution in [1.29, 1.82) is 0 Å². The van der Waals surface area contributed by atoms with E-state index in [9.17, 15) is 18.0 Å². The van der Waals surface area contributed by atoms with Crippen LogP contribution in [0.25, 0.3) is 0 Å². The lowest BCUT2D eigenvalue weighted by atomic mass is 10.1. The van der Waals surface area contributed by atoms with Crippen molar-refractivity contribution in [3.63, 3.8) is 0 Å². The predicted octanol–water partition coefficient (Wildman–Crippen LogP) is 1.18. The van der Waals surface area contributed by atoms with Crippen molar-refractivity contribution in [2.75, 3.05) is 16.8 Å². The number of aryl methyl sites for hydroxylation is 2. The number of carbonyl (C=O) groups is 2. The first-order valence-corrected chi connectivity index (χ1v) is 9.96. The number of amides is 2. The van der Waals surface area contributed by atoms with Crippen LogP contribution in [0.3, 0.4) is 0 Å². The fourth-order valence-corrected chi connectivity index (χ4v) is 4.84. The summed E-state index contributed by atoms with van der Waals surface area (Å²) in [5.41, 5.74) is 2.88. The summed E-state index contributed by atoms with van der Waals surface area (Å²) in [5, 5.41) is 5.64. The largest absolute Gasteiger partial charge is 0.352 e. The van der Waals surface area contributed by atoms with Gasteiger partial charge in [-0.2, -0.15) is 0 Å². The Labute approximate surface area is 141 Å². The minimum absolute atomic E-state index is 0.00485. The predicted molar refractivity (Wildman–Crippen MR) is 91.3 cm³/mol. The van der Waals surface area contributed by atoms with Crippen LogP contribution in [-0.2, 0) is 19.4 Å².